The van der Waals surface area contributed by atoms with Crippen LogP contribution in [0.4, 0.5) is 0 Å². The lowest BCUT2D eigenvalue weighted by Gasteiger charge is -2.09. The van der Waals surface area contributed by atoms with Crippen LogP contribution in [0.2, 0.25) is 0 Å². The number of phenolic OH excluding ortho intramolecular Hbond substituents is 1. The van der Waals surface area contributed by atoms with E-state index < -0.39 is 0 Å². The number of ether oxygens (including phenoxy) is 3. The van der Waals surface area contributed by atoms with Gasteiger partial charge < -0.3 is 19.3 Å². The maximum Gasteiger partial charge on any atom is 0.224 e. The highest BCUT2D eigenvalue weighted by Crippen LogP contribution is 2.38. The normalized spacial score (nSPS) is 16.3. The average Bonchev–Trinajstić information content (AvgIpc) is 2.69. The van der Waals surface area contributed by atoms with Crippen LogP contribution >= 0.6 is 0 Å². The van der Waals surface area contributed by atoms with Gasteiger partial charge in [0.25, 0.3) is 0 Å². The van der Waals surface area contributed by atoms with Crippen molar-refractivity contribution in [3.8, 4) is 17.2 Å². The smallest absolute Gasteiger partial charge is 0.224 e. The summed E-state index contributed by atoms with van der Waals surface area (Å²) < 4.78 is 15.4. The number of allylic oxidation sites excluding steroid dienone is 2. The third-order valence-electron chi connectivity index (χ3n) is 2.65. The lowest BCUT2D eigenvalue weighted by atomic mass is 10.1. The molecule has 0 radical (unpaired) electrons. The summed E-state index contributed by atoms with van der Waals surface area (Å²) in [4.78, 5) is 11.6. The Morgan fingerprint density at radius 1 is 1.21 bits per heavy atom. The molecule has 5 nitrogen and oxygen atoms in total. The van der Waals surface area contributed by atoms with Crippen molar-refractivity contribution in [2.75, 3.05) is 14.2 Å². The molecule has 5 heteroatoms. The number of benzene rings is 1. The summed E-state index contributed by atoms with van der Waals surface area (Å²) in [5.41, 5.74) is 0.637. The van der Waals surface area contributed by atoms with Crippen molar-refractivity contribution in [3.05, 3.63) is 35.3 Å². The Morgan fingerprint density at radius 2 is 1.79 bits per heavy atom. The van der Waals surface area contributed by atoms with E-state index in [4.69, 9.17) is 14.2 Å². The van der Waals surface area contributed by atoms with E-state index in [0.717, 1.165) is 0 Å². The second-order valence-corrected chi connectivity index (χ2v) is 4.00. The summed E-state index contributed by atoms with van der Waals surface area (Å²) in [6.07, 6.45) is 2.99. The first kappa shape index (κ1) is 13.0. The molecule has 1 aromatic rings. The second kappa shape index (κ2) is 5.06. The largest absolute Gasteiger partial charge is 0.502 e. The highest BCUT2D eigenvalue weighted by Gasteiger charge is 2.18. The van der Waals surface area contributed by atoms with Crippen LogP contribution in [-0.4, -0.2) is 25.1 Å². The number of carbonyl (C=O) groups excluding carboxylic acids is 1. The van der Waals surface area contributed by atoms with Crippen LogP contribution in [0.1, 0.15) is 12.5 Å². The van der Waals surface area contributed by atoms with Crippen LogP contribution in [0.3, 0.4) is 0 Å². The van der Waals surface area contributed by atoms with Gasteiger partial charge in [-0.25, -0.2) is 0 Å². The first-order chi connectivity index (χ1) is 9.05. The van der Waals surface area contributed by atoms with Crippen LogP contribution in [0.25, 0.3) is 6.08 Å². The number of aromatic hydroxyl groups is 1. The first-order valence-corrected chi connectivity index (χ1v) is 5.62. The molecule has 0 aliphatic carbocycles. The van der Waals surface area contributed by atoms with E-state index in [0.29, 0.717) is 11.3 Å². The predicted molar refractivity (Wildman–Crippen MR) is 69.0 cm³/mol. The average molecular weight is 262 g/mol. The lowest BCUT2D eigenvalue weighted by molar-refractivity contribution is -0.112. The van der Waals surface area contributed by atoms with E-state index >= 15 is 0 Å². The fourth-order valence-corrected chi connectivity index (χ4v) is 1.76. The van der Waals surface area contributed by atoms with Crippen molar-refractivity contribution in [1.82, 2.24) is 0 Å². The van der Waals surface area contributed by atoms with Gasteiger partial charge in [-0.15, -0.1) is 0 Å². The molecule has 100 valence electrons. The summed E-state index contributed by atoms with van der Waals surface area (Å²) in [7, 11) is 2.88. The Kier molecular flexibility index (Phi) is 3.46. The fourth-order valence-electron chi connectivity index (χ4n) is 1.76. The minimum absolute atomic E-state index is 0.0832. The molecular formula is C14H14O5. The Hall–Kier alpha value is -2.43. The Balaban J connectivity index is 2.41. The number of carbonyl (C=O) groups is 1. The monoisotopic (exact) mass is 262 g/mol. The molecule has 0 atom stereocenters. The number of ketones is 1. The summed E-state index contributed by atoms with van der Waals surface area (Å²) in [6, 6.07) is 3.18. The Bertz CT molecular complexity index is 558. The predicted octanol–water partition coefficient (Wildman–Crippen LogP) is 2.25. The van der Waals surface area contributed by atoms with E-state index in [-0.39, 0.29) is 28.8 Å². The molecule has 0 bridgehead atoms. The molecule has 0 unspecified atom stereocenters. The number of rotatable bonds is 3. The van der Waals surface area contributed by atoms with Crippen LogP contribution in [0, 0.1) is 0 Å². The maximum absolute atomic E-state index is 11.6. The minimum Gasteiger partial charge on any atom is -0.502 e. The van der Waals surface area contributed by atoms with E-state index in [2.05, 4.69) is 0 Å². The van der Waals surface area contributed by atoms with Crippen molar-refractivity contribution >= 4 is 11.9 Å². The molecule has 1 aromatic carbocycles. The van der Waals surface area contributed by atoms with Crippen molar-refractivity contribution in [2.24, 2.45) is 0 Å². The third kappa shape index (κ3) is 2.54. The van der Waals surface area contributed by atoms with E-state index in [9.17, 15) is 9.90 Å². The molecule has 0 spiro atoms. The molecule has 1 aliphatic heterocycles. The number of hydrogen-bond acceptors (Lipinski definition) is 5. The van der Waals surface area contributed by atoms with Gasteiger partial charge in [0.15, 0.2) is 17.3 Å². The van der Waals surface area contributed by atoms with Gasteiger partial charge in [-0.1, -0.05) is 0 Å². The standard InChI is InChI=1S/C14H14O5/c1-8-4-10(15)11(19-8)5-9-6-12(17-2)14(16)13(7-9)18-3/h4-7,16H,1-3H3/b11-5+. The number of hydrogen-bond donors (Lipinski definition) is 1. The summed E-state index contributed by atoms with van der Waals surface area (Å²) in [5, 5.41) is 9.79. The van der Waals surface area contributed by atoms with Crippen LogP contribution in [0.15, 0.2) is 29.7 Å². The van der Waals surface area contributed by atoms with E-state index in [1.807, 2.05) is 0 Å². The lowest BCUT2D eigenvalue weighted by Crippen LogP contribution is -1.94. The highest BCUT2D eigenvalue weighted by atomic mass is 16.5. The number of methoxy groups -OCH3 is 2. The Morgan fingerprint density at radius 3 is 2.21 bits per heavy atom. The van der Waals surface area contributed by atoms with E-state index in [1.54, 1.807) is 25.1 Å². The van der Waals surface area contributed by atoms with Gasteiger partial charge in [0, 0.05) is 6.08 Å². The van der Waals surface area contributed by atoms with Crippen LogP contribution in [-0.2, 0) is 9.53 Å². The van der Waals surface area contributed by atoms with Gasteiger partial charge >= 0.3 is 0 Å². The maximum atomic E-state index is 11.6. The molecule has 0 fully saturated rings. The first-order valence-electron chi connectivity index (χ1n) is 5.62. The van der Waals surface area contributed by atoms with Gasteiger partial charge in [0.05, 0.1) is 14.2 Å². The van der Waals surface area contributed by atoms with Gasteiger partial charge in [-0.2, -0.15) is 0 Å². The van der Waals surface area contributed by atoms with Gasteiger partial charge in [-0.05, 0) is 30.7 Å². The van der Waals surface area contributed by atoms with E-state index in [1.165, 1.54) is 20.3 Å². The molecule has 0 aromatic heterocycles. The van der Waals surface area contributed by atoms with Crippen LogP contribution < -0.4 is 9.47 Å². The topological polar surface area (TPSA) is 65.0 Å². The van der Waals surface area contributed by atoms with Gasteiger partial charge in [0.1, 0.15) is 5.76 Å². The van der Waals surface area contributed by atoms with Crippen molar-refractivity contribution in [2.45, 2.75) is 6.92 Å². The minimum atomic E-state index is -0.191. The zero-order valence-electron chi connectivity index (χ0n) is 10.9. The Labute approximate surface area is 110 Å². The molecule has 1 heterocycles. The summed E-state index contributed by atoms with van der Waals surface area (Å²) in [5.74, 6) is 1.03. The molecular weight excluding hydrogens is 248 g/mol. The SMILES string of the molecule is COc1cc(/C=C2/OC(C)=CC2=O)cc(OC)c1O. The van der Waals surface area contributed by atoms with Crippen molar-refractivity contribution in [3.63, 3.8) is 0 Å². The van der Waals surface area contributed by atoms with Gasteiger partial charge in [-0.3, -0.25) is 4.79 Å². The zero-order chi connectivity index (χ0) is 14.0. The number of phenols is 1. The molecule has 2 rings (SSSR count). The summed E-state index contributed by atoms with van der Waals surface area (Å²) in [6.45, 7) is 1.71. The molecule has 1 aliphatic rings. The highest BCUT2D eigenvalue weighted by molar-refractivity contribution is 6.07. The fraction of sp³-hybridized carbons (Fsp3) is 0.214. The van der Waals surface area contributed by atoms with Crippen molar-refractivity contribution < 1.29 is 24.1 Å². The molecule has 0 saturated carbocycles. The summed E-state index contributed by atoms with van der Waals surface area (Å²) >= 11 is 0. The van der Waals surface area contributed by atoms with Crippen LogP contribution in [0.5, 0.6) is 17.2 Å². The second-order valence-electron chi connectivity index (χ2n) is 4.00. The quantitative estimate of drug-likeness (QED) is 0.846. The zero-order valence-corrected chi connectivity index (χ0v) is 10.9. The van der Waals surface area contributed by atoms with Gasteiger partial charge in [0.2, 0.25) is 11.5 Å². The molecule has 0 amide bonds. The molecule has 1 N–H and O–H groups in total. The van der Waals surface area contributed by atoms with Crippen molar-refractivity contribution in [1.29, 1.82) is 0 Å². The third-order valence-corrected chi connectivity index (χ3v) is 2.65. The molecule has 0 saturated heterocycles. The molecule has 19 heavy (non-hydrogen) atoms.